The summed E-state index contributed by atoms with van der Waals surface area (Å²) in [4.78, 5) is 11.4. The normalized spacial score (nSPS) is 11.3. The molecular weight excluding hydrogens is 236 g/mol. The summed E-state index contributed by atoms with van der Waals surface area (Å²) < 4.78 is 4.78. The Hall–Kier alpha value is -1.80. The number of benzene rings is 1. The van der Waals surface area contributed by atoms with Crippen LogP contribution in [0.25, 0.3) is 0 Å². The van der Waals surface area contributed by atoms with Gasteiger partial charge in [0.15, 0.2) is 5.25 Å². The molecule has 17 heavy (non-hydrogen) atoms. The number of rotatable bonds is 4. The minimum Gasteiger partial charge on any atom is -0.464 e. The predicted octanol–water partition coefficient (Wildman–Crippen LogP) is 0.381. The Balaban J connectivity index is 2.67. The van der Waals surface area contributed by atoms with Crippen LogP contribution in [0.15, 0.2) is 30.3 Å². The molecule has 0 amide bonds. The Labute approximate surface area is 104 Å². The zero-order valence-electron chi connectivity index (χ0n) is 9.42. The number of hydrogen-bond acceptors (Lipinski definition) is 4. The van der Waals surface area contributed by atoms with E-state index in [0.717, 1.165) is 17.3 Å². The van der Waals surface area contributed by atoms with E-state index in [9.17, 15) is 4.79 Å². The largest absolute Gasteiger partial charge is 0.464 e. The average molecular weight is 249 g/mol. The van der Waals surface area contributed by atoms with Gasteiger partial charge in [-0.2, -0.15) is 5.26 Å². The molecule has 0 radical (unpaired) electrons. The van der Waals surface area contributed by atoms with Crippen molar-refractivity contribution in [2.24, 2.45) is 0 Å². The fourth-order valence-corrected chi connectivity index (χ4v) is 1.89. The number of hydrogen-bond donors (Lipinski definition) is 1. The molecule has 0 aliphatic carbocycles. The quantitative estimate of drug-likeness (QED) is 0.475. The molecule has 1 unspecified atom stereocenters. The molecule has 0 aliphatic heterocycles. The van der Waals surface area contributed by atoms with Crippen molar-refractivity contribution in [1.82, 2.24) is 0 Å². The molecule has 1 rings (SSSR count). The van der Waals surface area contributed by atoms with Gasteiger partial charge < -0.3 is 4.74 Å². The number of thioether (sulfide) groups is 1. The second-order valence-corrected chi connectivity index (χ2v) is 4.26. The Morgan fingerprint density at radius 1 is 1.53 bits per heavy atom. The highest BCUT2D eigenvalue weighted by atomic mass is 32.2. The Morgan fingerprint density at radius 2 is 2.18 bits per heavy atom. The van der Waals surface area contributed by atoms with E-state index in [1.165, 1.54) is 0 Å². The van der Waals surface area contributed by atoms with Gasteiger partial charge >= 0.3 is 5.97 Å². The molecule has 1 atom stereocenters. The van der Waals surface area contributed by atoms with Crippen molar-refractivity contribution >= 4 is 22.8 Å². The summed E-state index contributed by atoms with van der Waals surface area (Å²) >= 11 is 1.00. The minimum absolute atomic E-state index is 0.253. The van der Waals surface area contributed by atoms with Crippen LogP contribution in [0.3, 0.4) is 0 Å². The van der Waals surface area contributed by atoms with E-state index in [0.29, 0.717) is 5.04 Å². The van der Waals surface area contributed by atoms with Crippen molar-refractivity contribution in [3.8, 4) is 6.07 Å². The van der Waals surface area contributed by atoms with Gasteiger partial charge in [0.05, 0.1) is 18.2 Å². The molecule has 0 spiro atoms. The van der Waals surface area contributed by atoms with Crippen molar-refractivity contribution in [1.29, 1.82) is 5.26 Å². The highest BCUT2D eigenvalue weighted by molar-refractivity contribution is 8.15. The number of ether oxygens (including phenoxy) is 1. The summed E-state index contributed by atoms with van der Waals surface area (Å²) in [5.41, 5.74) is 0.794. The van der Waals surface area contributed by atoms with Gasteiger partial charge in [-0.25, -0.2) is 10.2 Å². The predicted molar refractivity (Wildman–Crippen MR) is 66.1 cm³/mol. The summed E-state index contributed by atoms with van der Waals surface area (Å²) in [5.74, 6) is -0.557. The number of esters is 1. The second kappa shape index (κ2) is 6.71. The van der Waals surface area contributed by atoms with Crippen LogP contribution in [0.1, 0.15) is 12.5 Å². The number of nitrogens with zero attached hydrogens (tertiary/aromatic N) is 1. The first-order valence-electron chi connectivity index (χ1n) is 5.09. The molecule has 0 saturated heterocycles. The fourth-order valence-electron chi connectivity index (χ4n) is 1.14. The zero-order valence-corrected chi connectivity index (χ0v) is 10.2. The third kappa shape index (κ3) is 3.93. The summed E-state index contributed by atoms with van der Waals surface area (Å²) in [6, 6.07) is 11.1. The first-order valence-corrected chi connectivity index (χ1v) is 5.97. The van der Waals surface area contributed by atoms with Crippen molar-refractivity contribution in [3.05, 3.63) is 35.9 Å². The van der Waals surface area contributed by atoms with Crippen molar-refractivity contribution in [2.75, 3.05) is 6.61 Å². The van der Waals surface area contributed by atoms with Gasteiger partial charge in [-0.05, 0) is 30.8 Å². The van der Waals surface area contributed by atoms with Crippen LogP contribution >= 0.6 is 11.8 Å². The van der Waals surface area contributed by atoms with Gasteiger partial charge in [-0.3, -0.25) is 0 Å². The van der Waals surface area contributed by atoms with E-state index in [4.69, 9.17) is 15.4 Å². The van der Waals surface area contributed by atoms with Crippen LogP contribution in [0.5, 0.6) is 0 Å². The summed E-state index contributed by atoms with van der Waals surface area (Å²) in [5, 5.41) is 14.2. The third-order valence-corrected chi connectivity index (χ3v) is 2.94. The molecule has 0 heterocycles. The van der Waals surface area contributed by atoms with Crippen LogP contribution in [0.4, 0.5) is 0 Å². The van der Waals surface area contributed by atoms with Crippen LogP contribution < -0.4 is 5.41 Å². The molecule has 0 saturated carbocycles. The molecule has 0 fully saturated rings. The lowest BCUT2D eigenvalue weighted by Crippen LogP contribution is -2.40. The molecular formula is C12H13N2O2S+. The zero-order chi connectivity index (χ0) is 12.7. The summed E-state index contributed by atoms with van der Waals surface area (Å²) in [6.07, 6.45) is 0. The van der Waals surface area contributed by atoms with Gasteiger partial charge in [0, 0.05) is 0 Å². The monoisotopic (exact) mass is 249 g/mol. The lowest BCUT2D eigenvalue weighted by molar-refractivity contribution is -0.141. The third-order valence-electron chi connectivity index (χ3n) is 1.92. The highest BCUT2D eigenvalue weighted by Gasteiger charge is 2.24. The first-order chi connectivity index (χ1) is 8.19. The number of nitrogens with two attached hydrogens (primary N) is 1. The molecule has 4 nitrogen and oxygen atoms in total. The SMILES string of the molecule is CCOC(=O)C(C#N)SC(=[NH2+])c1ccccc1. The Morgan fingerprint density at radius 3 is 2.71 bits per heavy atom. The Kier molecular flexibility index (Phi) is 5.24. The smallest absolute Gasteiger partial charge is 0.334 e. The van der Waals surface area contributed by atoms with E-state index in [1.54, 1.807) is 6.92 Å². The summed E-state index contributed by atoms with van der Waals surface area (Å²) in [7, 11) is 0. The van der Waals surface area contributed by atoms with Crippen LogP contribution in [0, 0.1) is 11.3 Å². The molecule has 88 valence electrons. The molecule has 0 aliphatic rings. The fraction of sp³-hybridized carbons (Fsp3) is 0.250. The molecule has 0 aromatic heterocycles. The van der Waals surface area contributed by atoms with Gasteiger partial charge in [-0.15, -0.1) is 0 Å². The standard InChI is InChI=1S/C12H12N2O2S/c1-2-16-12(15)10(8-13)17-11(14)9-6-4-3-5-7-9/h3-7,10,14H,2H2,1H3/p+1. The van der Waals surface area contributed by atoms with Crippen LogP contribution in [-0.2, 0) is 9.53 Å². The average Bonchev–Trinajstić information content (AvgIpc) is 2.37. The van der Waals surface area contributed by atoms with Crippen molar-refractivity contribution in [2.45, 2.75) is 12.2 Å². The minimum atomic E-state index is -0.921. The van der Waals surface area contributed by atoms with E-state index in [1.807, 2.05) is 36.4 Å². The number of carbonyl (C=O) groups is 1. The molecule has 5 heteroatoms. The van der Waals surface area contributed by atoms with Crippen molar-refractivity contribution in [3.63, 3.8) is 0 Å². The van der Waals surface area contributed by atoms with Gasteiger partial charge in [0.25, 0.3) is 0 Å². The maximum Gasteiger partial charge on any atom is 0.334 e. The summed E-state index contributed by atoms with van der Waals surface area (Å²) in [6.45, 7) is 1.95. The van der Waals surface area contributed by atoms with E-state index < -0.39 is 11.2 Å². The van der Waals surface area contributed by atoms with E-state index in [-0.39, 0.29) is 6.61 Å². The second-order valence-electron chi connectivity index (χ2n) is 3.11. The van der Waals surface area contributed by atoms with Gasteiger partial charge in [0.1, 0.15) is 0 Å². The Bertz CT molecular complexity index is 440. The number of nitriles is 1. The van der Waals surface area contributed by atoms with Crippen LogP contribution in [0.2, 0.25) is 0 Å². The number of carbonyl (C=O) groups excluding carboxylic acids is 1. The maximum atomic E-state index is 11.4. The molecule has 0 bridgehead atoms. The maximum absolute atomic E-state index is 11.4. The topological polar surface area (TPSA) is 75.7 Å². The molecule has 2 N–H and O–H groups in total. The lowest BCUT2D eigenvalue weighted by atomic mass is 10.2. The molecule has 1 aromatic carbocycles. The highest BCUT2D eigenvalue weighted by Crippen LogP contribution is 2.16. The van der Waals surface area contributed by atoms with Gasteiger partial charge in [-0.1, -0.05) is 18.2 Å². The molecule has 1 aromatic rings. The van der Waals surface area contributed by atoms with Crippen LogP contribution in [-0.4, -0.2) is 22.9 Å². The van der Waals surface area contributed by atoms with Crippen molar-refractivity contribution < 1.29 is 14.9 Å². The first kappa shape index (κ1) is 13.3. The van der Waals surface area contributed by atoms with E-state index in [2.05, 4.69) is 0 Å². The lowest BCUT2D eigenvalue weighted by Gasteiger charge is -2.05. The van der Waals surface area contributed by atoms with Gasteiger partial charge in [0.2, 0.25) is 5.04 Å². The van der Waals surface area contributed by atoms with E-state index >= 15 is 0 Å².